The van der Waals surface area contributed by atoms with Crippen LogP contribution in [0.2, 0.25) is 0 Å². The van der Waals surface area contributed by atoms with E-state index >= 15 is 0 Å². The molecule has 0 N–H and O–H groups in total. The number of methoxy groups -OCH3 is 1. The molecule has 5 nitrogen and oxygen atoms in total. The van der Waals surface area contributed by atoms with Gasteiger partial charge in [0.1, 0.15) is 5.75 Å². The lowest BCUT2D eigenvalue weighted by molar-refractivity contribution is -0.150. The van der Waals surface area contributed by atoms with E-state index in [1.807, 2.05) is 6.07 Å². The third kappa shape index (κ3) is 4.14. The molecular weight excluding hydrogens is 318 g/mol. The average Bonchev–Trinajstić information content (AvgIpc) is 2.66. The normalized spacial score (nSPS) is 19.0. The van der Waals surface area contributed by atoms with Crippen LogP contribution in [-0.4, -0.2) is 43.1 Å². The van der Waals surface area contributed by atoms with Gasteiger partial charge in [-0.15, -0.1) is 0 Å². The Kier molecular flexibility index (Phi) is 5.61. The molecule has 1 aromatic carbocycles. The van der Waals surface area contributed by atoms with Crippen molar-refractivity contribution in [2.45, 2.75) is 51.6 Å². The topological polar surface area (TPSA) is 55.8 Å². The predicted molar refractivity (Wildman–Crippen MR) is 94.5 cm³/mol. The molecule has 25 heavy (non-hydrogen) atoms. The molecule has 0 spiro atoms. The predicted octanol–water partition coefficient (Wildman–Crippen LogP) is 2.74. The number of piperidine rings is 1. The molecule has 0 radical (unpaired) electrons. The summed E-state index contributed by atoms with van der Waals surface area (Å²) in [6, 6.07) is 6.18. The summed E-state index contributed by atoms with van der Waals surface area (Å²) in [5.74, 6) is 0.489. The van der Waals surface area contributed by atoms with Crippen molar-refractivity contribution >= 4 is 11.9 Å². The number of likely N-dealkylation sites (tertiary alicyclic amines) is 1. The summed E-state index contributed by atoms with van der Waals surface area (Å²) in [4.78, 5) is 26.0. The number of benzene rings is 1. The second kappa shape index (κ2) is 7.89. The number of ether oxygens (including phenoxy) is 2. The third-order valence-electron chi connectivity index (χ3n) is 5.32. The van der Waals surface area contributed by atoms with E-state index in [2.05, 4.69) is 12.1 Å². The van der Waals surface area contributed by atoms with Crippen LogP contribution in [0.3, 0.4) is 0 Å². The molecular formula is C20H27NO4. The van der Waals surface area contributed by atoms with E-state index in [0.29, 0.717) is 25.9 Å². The number of hydrogen-bond donors (Lipinski definition) is 0. The van der Waals surface area contributed by atoms with Crippen molar-refractivity contribution in [3.63, 3.8) is 0 Å². The van der Waals surface area contributed by atoms with Gasteiger partial charge in [0.15, 0.2) is 6.10 Å². The van der Waals surface area contributed by atoms with Gasteiger partial charge in [0.25, 0.3) is 5.91 Å². The van der Waals surface area contributed by atoms with Crippen molar-refractivity contribution in [1.29, 1.82) is 0 Å². The van der Waals surface area contributed by atoms with Gasteiger partial charge in [-0.2, -0.15) is 0 Å². The Hall–Kier alpha value is -2.04. The molecule has 0 bridgehead atoms. The summed E-state index contributed by atoms with van der Waals surface area (Å²) in [5.41, 5.74) is 2.75. The fraction of sp³-hybridized carbons (Fsp3) is 0.600. The first-order valence-corrected chi connectivity index (χ1v) is 9.23. The molecule has 1 amide bonds. The summed E-state index contributed by atoms with van der Waals surface area (Å²) in [7, 11) is 1.41. The Morgan fingerprint density at radius 3 is 2.48 bits per heavy atom. The van der Waals surface area contributed by atoms with Crippen LogP contribution in [0.15, 0.2) is 18.2 Å². The number of fused-ring (bicyclic) bond motifs is 1. The number of hydrogen-bond acceptors (Lipinski definition) is 4. The van der Waals surface area contributed by atoms with Crippen molar-refractivity contribution in [3.8, 4) is 5.75 Å². The van der Waals surface area contributed by atoms with Gasteiger partial charge in [-0.25, -0.2) is 0 Å². The Bertz CT molecular complexity index is 635. The quantitative estimate of drug-likeness (QED) is 0.788. The molecule has 2 aliphatic rings. The van der Waals surface area contributed by atoms with Crippen LogP contribution in [-0.2, 0) is 27.2 Å². The maximum Gasteiger partial charge on any atom is 0.308 e. The smallest absolute Gasteiger partial charge is 0.308 e. The lowest BCUT2D eigenvalue weighted by atomic mass is 9.92. The zero-order valence-electron chi connectivity index (χ0n) is 15.1. The van der Waals surface area contributed by atoms with Gasteiger partial charge in [-0.3, -0.25) is 9.59 Å². The van der Waals surface area contributed by atoms with Gasteiger partial charge in [-0.05, 0) is 68.7 Å². The van der Waals surface area contributed by atoms with Crippen molar-refractivity contribution in [2.24, 2.45) is 5.92 Å². The Morgan fingerprint density at radius 1 is 1.12 bits per heavy atom. The number of aryl methyl sites for hydroxylation is 2. The van der Waals surface area contributed by atoms with Crippen LogP contribution in [0.25, 0.3) is 0 Å². The van der Waals surface area contributed by atoms with Crippen LogP contribution in [0.1, 0.15) is 43.7 Å². The second-order valence-electron chi connectivity index (χ2n) is 7.02. The van der Waals surface area contributed by atoms with Crippen LogP contribution in [0.4, 0.5) is 0 Å². The molecule has 0 saturated carbocycles. The van der Waals surface area contributed by atoms with E-state index in [1.165, 1.54) is 31.1 Å². The average molecular weight is 345 g/mol. The molecule has 1 heterocycles. The minimum Gasteiger partial charge on any atom is -0.481 e. The van der Waals surface area contributed by atoms with E-state index in [-0.39, 0.29) is 17.8 Å². The highest BCUT2D eigenvalue weighted by molar-refractivity contribution is 5.81. The highest BCUT2D eigenvalue weighted by atomic mass is 16.5. The van der Waals surface area contributed by atoms with Crippen LogP contribution >= 0.6 is 0 Å². The third-order valence-corrected chi connectivity index (χ3v) is 5.32. The summed E-state index contributed by atoms with van der Waals surface area (Å²) in [5, 5.41) is 0. The van der Waals surface area contributed by atoms with E-state index in [0.717, 1.165) is 18.6 Å². The molecule has 1 saturated heterocycles. The standard InChI is InChI=1S/C20H27NO4/c1-14(19(22)21-11-9-16(10-12-21)20(23)24-2)25-18-8-7-15-5-3-4-6-17(15)13-18/h7-8,13-14,16H,3-6,9-12H2,1-2H3/t14-/m0/s1. The minimum atomic E-state index is -0.517. The second-order valence-corrected chi connectivity index (χ2v) is 7.02. The Balaban J connectivity index is 1.55. The van der Waals surface area contributed by atoms with Gasteiger partial charge in [-0.1, -0.05) is 6.07 Å². The van der Waals surface area contributed by atoms with Crippen LogP contribution in [0, 0.1) is 5.92 Å². The lowest BCUT2D eigenvalue weighted by Gasteiger charge is -2.32. The molecule has 1 fully saturated rings. The first-order valence-electron chi connectivity index (χ1n) is 9.23. The van der Waals surface area contributed by atoms with Gasteiger partial charge >= 0.3 is 5.97 Å². The van der Waals surface area contributed by atoms with Crippen LogP contribution < -0.4 is 4.74 Å². The first-order chi connectivity index (χ1) is 12.1. The lowest BCUT2D eigenvalue weighted by Crippen LogP contribution is -2.45. The molecule has 3 rings (SSSR count). The van der Waals surface area contributed by atoms with Crippen molar-refractivity contribution in [2.75, 3.05) is 20.2 Å². The molecule has 1 aliphatic heterocycles. The highest BCUT2D eigenvalue weighted by Gasteiger charge is 2.30. The summed E-state index contributed by atoms with van der Waals surface area (Å²) >= 11 is 0. The molecule has 1 aromatic rings. The van der Waals surface area contributed by atoms with Crippen molar-refractivity contribution in [3.05, 3.63) is 29.3 Å². The zero-order chi connectivity index (χ0) is 17.8. The van der Waals surface area contributed by atoms with Gasteiger partial charge in [0.05, 0.1) is 13.0 Å². The molecule has 1 atom stereocenters. The minimum absolute atomic E-state index is 0.0129. The molecule has 0 aromatic heterocycles. The van der Waals surface area contributed by atoms with E-state index in [4.69, 9.17) is 9.47 Å². The van der Waals surface area contributed by atoms with Gasteiger partial charge in [0.2, 0.25) is 0 Å². The monoisotopic (exact) mass is 345 g/mol. The highest BCUT2D eigenvalue weighted by Crippen LogP contribution is 2.26. The van der Waals surface area contributed by atoms with Crippen LogP contribution in [0.5, 0.6) is 5.75 Å². The zero-order valence-corrected chi connectivity index (χ0v) is 15.1. The number of rotatable bonds is 4. The summed E-state index contributed by atoms with van der Waals surface area (Å²) in [6.07, 6.45) is 5.50. The largest absolute Gasteiger partial charge is 0.481 e. The maximum atomic E-state index is 12.6. The molecule has 5 heteroatoms. The number of amides is 1. The summed E-state index contributed by atoms with van der Waals surface area (Å²) in [6.45, 7) is 2.96. The Labute approximate surface area is 149 Å². The number of nitrogens with zero attached hydrogens (tertiary/aromatic N) is 1. The fourth-order valence-electron chi connectivity index (χ4n) is 3.80. The van der Waals surface area contributed by atoms with Crippen molar-refractivity contribution < 1.29 is 19.1 Å². The molecule has 0 unspecified atom stereocenters. The summed E-state index contributed by atoms with van der Waals surface area (Å²) < 4.78 is 10.7. The van der Waals surface area contributed by atoms with E-state index in [1.54, 1.807) is 11.8 Å². The number of carbonyl (C=O) groups excluding carboxylic acids is 2. The maximum absolute atomic E-state index is 12.6. The molecule has 136 valence electrons. The van der Waals surface area contributed by atoms with E-state index < -0.39 is 6.10 Å². The first kappa shape index (κ1) is 17.8. The SMILES string of the molecule is COC(=O)C1CCN(C(=O)[C@H](C)Oc2ccc3c(c2)CCCC3)CC1. The number of esters is 1. The Morgan fingerprint density at radius 2 is 1.80 bits per heavy atom. The van der Waals surface area contributed by atoms with Crippen molar-refractivity contribution in [1.82, 2.24) is 4.90 Å². The fourth-order valence-corrected chi connectivity index (χ4v) is 3.80. The molecule has 1 aliphatic carbocycles. The van der Waals surface area contributed by atoms with E-state index in [9.17, 15) is 9.59 Å². The van der Waals surface area contributed by atoms with Gasteiger partial charge < -0.3 is 14.4 Å². The number of carbonyl (C=O) groups is 2. The van der Waals surface area contributed by atoms with Gasteiger partial charge in [0, 0.05) is 13.1 Å².